The van der Waals surface area contributed by atoms with E-state index in [0.717, 1.165) is 11.1 Å². The molecule has 0 aromatic heterocycles. The van der Waals surface area contributed by atoms with E-state index in [4.69, 9.17) is 21.1 Å². The van der Waals surface area contributed by atoms with E-state index in [2.05, 4.69) is 15.6 Å². The van der Waals surface area contributed by atoms with E-state index in [1.54, 1.807) is 30.3 Å². The molecule has 36 heavy (non-hydrogen) atoms. The number of amidine groups is 1. The molecular weight excluding hydrogens is 498 g/mol. The van der Waals surface area contributed by atoms with Crippen molar-refractivity contribution in [2.45, 2.75) is 20.5 Å². The van der Waals surface area contributed by atoms with Crippen molar-refractivity contribution < 1.29 is 19.1 Å². The summed E-state index contributed by atoms with van der Waals surface area (Å²) < 4.78 is 11.7. The molecule has 0 radical (unpaired) electrons. The van der Waals surface area contributed by atoms with Gasteiger partial charge in [-0.1, -0.05) is 35.9 Å². The van der Waals surface area contributed by atoms with Crippen molar-refractivity contribution in [2.24, 2.45) is 4.99 Å². The third-order valence-corrected chi connectivity index (χ3v) is 6.25. The Bertz CT molecular complexity index is 1340. The third-order valence-electron chi connectivity index (χ3n) is 4.98. The van der Waals surface area contributed by atoms with Crippen molar-refractivity contribution in [3.05, 3.63) is 87.8 Å². The fraction of sp³-hybridized carbons (Fsp3) is 0.148. The van der Waals surface area contributed by atoms with Crippen LogP contribution < -0.4 is 20.1 Å². The minimum Gasteiger partial charge on any atom is -0.490 e. The van der Waals surface area contributed by atoms with E-state index in [9.17, 15) is 9.59 Å². The second-order valence-electron chi connectivity index (χ2n) is 7.73. The molecule has 3 aromatic rings. The number of amides is 2. The predicted octanol–water partition coefficient (Wildman–Crippen LogP) is 6.17. The monoisotopic (exact) mass is 521 g/mol. The van der Waals surface area contributed by atoms with Crippen LogP contribution in [0, 0.1) is 0 Å². The van der Waals surface area contributed by atoms with Gasteiger partial charge in [0, 0.05) is 23.2 Å². The molecule has 3 aromatic carbocycles. The molecule has 0 atom stereocenters. The highest BCUT2D eigenvalue weighted by Crippen LogP contribution is 2.33. The molecule has 1 aliphatic heterocycles. The molecule has 0 unspecified atom stereocenters. The zero-order valence-corrected chi connectivity index (χ0v) is 21.3. The SMILES string of the molecule is CCOc1cc(C=C2SC(=Nc3ccc(NC(C)=O)cc3)NC2=O)ccc1OCc1ccccc1Cl. The Kier molecular flexibility index (Phi) is 8.30. The number of nitrogens with one attached hydrogen (secondary N) is 2. The van der Waals surface area contributed by atoms with Crippen LogP contribution in [-0.4, -0.2) is 23.6 Å². The Labute approximate surface area is 218 Å². The molecule has 7 nitrogen and oxygen atoms in total. The Morgan fingerprint density at radius 2 is 1.86 bits per heavy atom. The first kappa shape index (κ1) is 25.3. The third kappa shape index (κ3) is 6.68. The standard InChI is InChI=1S/C27H24ClN3O4S/c1-3-34-24-14-18(8-13-23(24)35-16-19-6-4-5-7-22(19)28)15-25-26(33)31-27(36-25)30-21-11-9-20(10-12-21)29-17(2)32/h4-15H,3,16H2,1-2H3,(H,29,32)(H,30,31,33). The smallest absolute Gasteiger partial charge is 0.264 e. The Hall–Kier alpha value is -3.75. The molecule has 1 aliphatic rings. The van der Waals surface area contributed by atoms with Gasteiger partial charge >= 0.3 is 0 Å². The topological polar surface area (TPSA) is 89.0 Å². The Morgan fingerprint density at radius 1 is 1.08 bits per heavy atom. The first-order valence-corrected chi connectivity index (χ1v) is 12.4. The zero-order chi connectivity index (χ0) is 25.5. The van der Waals surface area contributed by atoms with Crippen molar-refractivity contribution in [1.29, 1.82) is 0 Å². The van der Waals surface area contributed by atoms with Gasteiger partial charge < -0.3 is 20.1 Å². The second-order valence-corrected chi connectivity index (χ2v) is 9.17. The molecule has 1 heterocycles. The van der Waals surface area contributed by atoms with Gasteiger partial charge in [0.1, 0.15) is 6.61 Å². The van der Waals surface area contributed by atoms with E-state index in [-0.39, 0.29) is 11.8 Å². The summed E-state index contributed by atoms with van der Waals surface area (Å²) in [5.41, 5.74) is 3.01. The van der Waals surface area contributed by atoms with Gasteiger partial charge in [0.25, 0.3) is 5.91 Å². The van der Waals surface area contributed by atoms with Gasteiger partial charge in [-0.3, -0.25) is 9.59 Å². The van der Waals surface area contributed by atoms with Crippen LogP contribution in [0.25, 0.3) is 6.08 Å². The number of rotatable bonds is 8. The van der Waals surface area contributed by atoms with Crippen LogP contribution in [0.5, 0.6) is 11.5 Å². The van der Waals surface area contributed by atoms with E-state index in [0.29, 0.717) is 51.2 Å². The highest BCUT2D eigenvalue weighted by atomic mass is 35.5. The molecule has 9 heteroatoms. The highest BCUT2D eigenvalue weighted by molar-refractivity contribution is 8.18. The van der Waals surface area contributed by atoms with Gasteiger partial charge in [-0.05, 0) is 72.8 Å². The summed E-state index contributed by atoms with van der Waals surface area (Å²) in [7, 11) is 0. The van der Waals surface area contributed by atoms with Crippen molar-refractivity contribution in [3.8, 4) is 11.5 Å². The number of thioether (sulfide) groups is 1. The van der Waals surface area contributed by atoms with E-state index < -0.39 is 0 Å². The summed E-state index contributed by atoms with van der Waals surface area (Å²) >= 11 is 7.48. The minimum atomic E-state index is -0.231. The molecule has 1 saturated heterocycles. The number of carbonyl (C=O) groups excluding carboxylic acids is 2. The summed E-state index contributed by atoms with van der Waals surface area (Å²) in [6, 6.07) is 20.1. The molecule has 0 spiro atoms. The summed E-state index contributed by atoms with van der Waals surface area (Å²) in [6.07, 6.45) is 1.78. The number of hydrogen-bond acceptors (Lipinski definition) is 6. The van der Waals surface area contributed by atoms with Crippen LogP contribution in [0.1, 0.15) is 25.0 Å². The van der Waals surface area contributed by atoms with Crippen LogP contribution in [0.4, 0.5) is 11.4 Å². The van der Waals surface area contributed by atoms with E-state index in [1.165, 1.54) is 18.7 Å². The molecule has 1 fully saturated rings. The van der Waals surface area contributed by atoms with Gasteiger partial charge in [0.2, 0.25) is 5.91 Å². The number of halogens is 1. The quantitative estimate of drug-likeness (QED) is 0.346. The number of anilines is 1. The molecule has 4 rings (SSSR count). The van der Waals surface area contributed by atoms with Crippen molar-refractivity contribution in [2.75, 3.05) is 11.9 Å². The normalized spacial score (nSPS) is 15.1. The Morgan fingerprint density at radius 3 is 2.58 bits per heavy atom. The lowest BCUT2D eigenvalue weighted by molar-refractivity contribution is -0.115. The van der Waals surface area contributed by atoms with Gasteiger partial charge in [-0.2, -0.15) is 0 Å². The van der Waals surface area contributed by atoms with Crippen LogP contribution in [0.2, 0.25) is 5.02 Å². The van der Waals surface area contributed by atoms with E-state index >= 15 is 0 Å². The van der Waals surface area contributed by atoms with Gasteiger partial charge in [-0.15, -0.1) is 0 Å². The van der Waals surface area contributed by atoms with E-state index in [1.807, 2.05) is 49.4 Å². The highest BCUT2D eigenvalue weighted by Gasteiger charge is 2.24. The average molecular weight is 522 g/mol. The molecule has 184 valence electrons. The fourth-order valence-electron chi connectivity index (χ4n) is 3.34. The van der Waals surface area contributed by atoms with Crippen LogP contribution >= 0.6 is 23.4 Å². The zero-order valence-electron chi connectivity index (χ0n) is 19.7. The van der Waals surface area contributed by atoms with Crippen molar-refractivity contribution >= 4 is 57.8 Å². The largest absolute Gasteiger partial charge is 0.490 e. The maximum Gasteiger partial charge on any atom is 0.264 e. The number of benzene rings is 3. The molecule has 2 amide bonds. The maximum absolute atomic E-state index is 12.5. The predicted molar refractivity (Wildman–Crippen MR) is 145 cm³/mol. The van der Waals surface area contributed by atoms with Gasteiger partial charge in [0.15, 0.2) is 16.7 Å². The second kappa shape index (κ2) is 11.8. The fourth-order valence-corrected chi connectivity index (χ4v) is 4.38. The molecule has 0 bridgehead atoms. The average Bonchev–Trinajstić information content (AvgIpc) is 3.19. The lowest BCUT2D eigenvalue weighted by Crippen LogP contribution is -2.19. The van der Waals surface area contributed by atoms with Crippen molar-refractivity contribution in [1.82, 2.24) is 5.32 Å². The minimum absolute atomic E-state index is 0.143. The van der Waals surface area contributed by atoms with Crippen LogP contribution in [0.3, 0.4) is 0 Å². The first-order valence-electron chi connectivity index (χ1n) is 11.2. The summed E-state index contributed by atoms with van der Waals surface area (Å²) in [4.78, 5) is 28.7. The number of ether oxygens (including phenoxy) is 2. The van der Waals surface area contributed by atoms with Gasteiger partial charge in [0.05, 0.1) is 17.2 Å². The van der Waals surface area contributed by atoms with Gasteiger partial charge in [-0.25, -0.2) is 4.99 Å². The van der Waals surface area contributed by atoms with Crippen LogP contribution in [0.15, 0.2) is 76.6 Å². The number of carbonyl (C=O) groups is 2. The molecule has 2 N–H and O–H groups in total. The van der Waals surface area contributed by atoms with Crippen molar-refractivity contribution in [3.63, 3.8) is 0 Å². The van der Waals surface area contributed by atoms with Crippen LogP contribution in [-0.2, 0) is 16.2 Å². The lowest BCUT2D eigenvalue weighted by atomic mass is 10.2. The number of hydrogen-bond donors (Lipinski definition) is 2. The maximum atomic E-state index is 12.5. The molecule has 0 saturated carbocycles. The molecular formula is C27H24ClN3O4S. The summed E-state index contributed by atoms with van der Waals surface area (Å²) in [6.45, 7) is 4.12. The summed E-state index contributed by atoms with van der Waals surface area (Å²) in [5, 5.41) is 6.60. The first-order chi connectivity index (χ1) is 17.4. The Balaban J connectivity index is 1.48. The lowest BCUT2D eigenvalue weighted by Gasteiger charge is -2.13. The number of aliphatic imine (C=N–C) groups is 1. The number of nitrogens with zero attached hydrogens (tertiary/aromatic N) is 1. The molecule has 0 aliphatic carbocycles. The summed E-state index contributed by atoms with van der Waals surface area (Å²) in [5.74, 6) is 0.795.